The van der Waals surface area contributed by atoms with Gasteiger partial charge in [0.1, 0.15) is 11.5 Å². The topological polar surface area (TPSA) is 9.23 Å². The zero-order valence-corrected chi connectivity index (χ0v) is 13.2. The van der Waals surface area contributed by atoms with Crippen molar-refractivity contribution in [1.29, 1.82) is 0 Å². The van der Waals surface area contributed by atoms with E-state index in [-0.39, 0.29) is 0 Å². The fourth-order valence-corrected chi connectivity index (χ4v) is 2.44. The third-order valence-electron chi connectivity index (χ3n) is 3.43. The second-order valence-electron chi connectivity index (χ2n) is 4.85. The first-order chi connectivity index (χ1) is 9.65. The highest BCUT2D eigenvalue weighted by Gasteiger charge is 2.12. The lowest BCUT2D eigenvalue weighted by atomic mass is 9.98. The number of halogens is 2. The zero-order valence-electron chi connectivity index (χ0n) is 11.7. The summed E-state index contributed by atoms with van der Waals surface area (Å²) in [6.45, 7) is 4.37. The molecule has 0 spiro atoms. The number of hydrogen-bond acceptors (Lipinski definition) is 1. The van der Waals surface area contributed by atoms with Gasteiger partial charge in [0, 0.05) is 5.88 Å². The number of ether oxygens (including phenoxy) is 1. The predicted octanol–water partition coefficient (Wildman–Crippen LogP) is 6.38. The first kappa shape index (κ1) is 15.2. The Kier molecular flexibility index (Phi) is 5.33. The highest BCUT2D eigenvalue weighted by Crippen LogP contribution is 2.35. The molecule has 2 rings (SSSR count). The van der Waals surface area contributed by atoms with Crippen molar-refractivity contribution in [3.8, 4) is 11.5 Å². The summed E-state index contributed by atoms with van der Waals surface area (Å²) in [5, 5.41) is 0.585. The molecule has 2 aromatic rings. The lowest BCUT2D eigenvalue weighted by Crippen LogP contribution is -1.96. The fraction of sp³-hybridized carbons (Fsp3) is 0.294. The van der Waals surface area contributed by atoms with Crippen LogP contribution in [0.5, 0.6) is 11.5 Å². The van der Waals surface area contributed by atoms with Crippen LogP contribution < -0.4 is 4.74 Å². The van der Waals surface area contributed by atoms with Gasteiger partial charge in [-0.2, -0.15) is 0 Å². The van der Waals surface area contributed by atoms with Crippen molar-refractivity contribution < 1.29 is 4.74 Å². The number of benzene rings is 2. The van der Waals surface area contributed by atoms with Gasteiger partial charge in [-0.3, -0.25) is 0 Å². The maximum atomic E-state index is 6.24. The van der Waals surface area contributed by atoms with Crippen molar-refractivity contribution in [3.63, 3.8) is 0 Å². The Morgan fingerprint density at radius 3 is 2.50 bits per heavy atom. The Morgan fingerprint density at radius 1 is 1.10 bits per heavy atom. The molecule has 0 radical (unpaired) electrons. The SMILES string of the molecule is CCC(C)c1ccccc1Oc1ccc(CCl)cc1Cl. The van der Waals surface area contributed by atoms with Gasteiger partial charge in [0.25, 0.3) is 0 Å². The summed E-state index contributed by atoms with van der Waals surface area (Å²) in [6.07, 6.45) is 1.07. The summed E-state index contributed by atoms with van der Waals surface area (Å²) in [4.78, 5) is 0. The molecule has 1 nitrogen and oxygen atoms in total. The molecule has 1 unspecified atom stereocenters. The van der Waals surface area contributed by atoms with E-state index in [1.165, 1.54) is 5.56 Å². The Balaban J connectivity index is 2.30. The Morgan fingerprint density at radius 2 is 1.85 bits per heavy atom. The molecule has 0 bridgehead atoms. The van der Waals surface area contributed by atoms with Gasteiger partial charge in [0.05, 0.1) is 5.02 Å². The summed E-state index contributed by atoms with van der Waals surface area (Å²) < 4.78 is 5.99. The molecule has 2 aromatic carbocycles. The van der Waals surface area contributed by atoms with E-state index in [0.29, 0.717) is 22.6 Å². The highest BCUT2D eigenvalue weighted by atomic mass is 35.5. The van der Waals surface area contributed by atoms with Crippen molar-refractivity contribution in [2.45, 2.75) is 32.1 Å². The molecular formula is C17H18Cl2O. The second-order valence-corrected chi connectivity index (χ2v) is 5.52. The molecule has 0 saturated heterocycles. The minimum atomic E-state index is 0.448. The van der Waals surface area contributed by atoms with Crippen molar-refractivity contribution in [2.75, 3.05) is 0 Å². The van der Waals surface area contributed by atoms with Crippen molar-refractivity contribution in [1.82, 2.24) is 0 Å². The van der Waals surface area contributed by atoms with Crippen molar-refractivity contribution in [2.24, 2.45) is 0 Å². The van der Waals surface area contributed by atoms with Crippen molar-refractivity contribution >= 4 is 23.2 Å². The van der Waals surface area contributed by atoms with E-state index >= 15 is 0 Å². The van der Waals surface area contributed by atoms with Crippen molar-refractivity contribution in [3.05, 3.63) is 58.6 Å². The summed E-state index contributed by atoms with van der Waals surface area (Å²) >= 11 is 12.0. The lowest BCUT2D eigenvalue weighted by molar-refractivity contribution is 0.470. The van der Waals surface area contributed by atoms with Gasteiger partial charge < -0.3 is 4.74 Å². The van der Waals surface area contributed by atoms with Crippen LogP contribution in [0.25, 0.3) is 0 Å². The third-order valence-corrected chi connectivity index (χ3v) is 4.04. The lowest BCUT2D eigenvalue weighted by Gasteiger charge is -2.16. The highest BCUT2D eigenvalue weighted by molar-refractivity contribution is 6.32. The number of hydrogen-bond donors (Lipinski definition) is 0. The number of para-hydroxylation sites is 1. The van der Waals surface area contributed by atoms with Crippen LogP contribution in [0.15, 0.2) is 42.5 Å². The van der Waals surface area contributed by atoms with Crippen LogP contribution in [-0.4, -0.2) is 0 Å². The number of alkyl halides is 1. The van der Waals surface area contributed by atoms with Crippen LogP contribution in [0.2, 0.25) is 5.02 Å². The largest absolute Gasteiger partial charge is 0.456 e. The maximum absolute atomic E-state index is 6.24. The van der Waals surface area contributed by atoms with Crippen LogP contribution in [0.3, 0.4) is 0 Å². The average Bonchev–Trinajstić information content (AvgIpc) is 2.49. The van der Waals surface area contributed by atoms with Gasteiger partial charge in [-0.1, -0.05) is 49.7 Å². The van der Waals surface area contributed by atoms with Gasteiger partial charge in [0.2, 0.25) is 0 Å². The van der Waals surface area contributed by atoms with Gasteiger partial charge in [-0.15, -0.1) is 11.6 Å². The molecule has 0 aliphatic rings. The van der Waals surface area contributed by atoms with E-state index in [9.17, 15) is 0 Å². The molecule has 20 heavy (non-hydrogen) atoms. The standard InChI is InChI=1S/C17H18Cl2O/c1-3-12(2)14-6-4-5-7-16(14)20-17-9-8-13(11-18)10-15(17)19/h4-10,12H,3,11H2,1-2H3. The summed E-state index contributed by atoms with van der Waals surface area (Å²) in [5.74, 6) is 2.43. The van der Waals surface area contributed by atoms with Crippen LogP contribution in [0, 0.1) is 0 Å². The molecule has 1 atom stereocenters. The second kappa shape index (κ2) is 7.01. The van der Waals surface area contributed by atoms with E-state index < -0.39 is 0 Å². The van der Waals surface area contributed by atoms with Crippen LogP contribution in [0.4, 0.5) is 0 Å². The molecule has 0 aromatic heterocycles. The molecule has 0 saturated carbocycles. The Hall–Kier alpha value is -1.18. The summed E-state index contributed by atoms with van der Waals surface area (Å²) in [6, 6.07) is 13.7. The molecule has 0 N–H and O–H groups in total. The first-order valence-corrected chi connectivity index (χ1v) is 7.68. The zero-order chi connectivity index (χ0) is 14.5. The molecule has 0 amide bonds. The predicted molar refractivity (Wildman–Crippen MR) is 86.2 cm³/mol. The van der Waals surface area contributed by atoms with E-state index in [0.717, 1.165) is 17.7 Å². The Bertz CT molecular complexity index is 581. The van der Waals surface area contributed by atoms with Gasteiger partial charge in [0.15, 0.2) is 0 Å². The van der Waals surface area contributed by atoms with E-state index in [2.05, 4.69) is 19.9 Å². The minimum Gasteiger partial charge on any atom is -0.456 e. The fourth-order valence-electron chi connectivity index (χ4n) is 2.03. The third kappa shape index (κ3) is 3.47. The van der Waals surface area contributed by atoms with Crippen LogP contribution in [0.1, 0.15) is 37.3 Å². The molecular weight excluding hydrogens is 291 g/mol. The summed E-state index contributed by atoms with van der Waals surface area (Å²) in [7, 11) is 0. The molecule has 3 heteroatoms. The van der Waals surface area contributed by atoms with Gasteiger partial charge >= 0.3 is 0 Å². The van der Waals surface area contributed by atoms with Crippen LogP contribution >= 0.6 is 23.2 Å². The van der Waals surface area contributed by atoms with Gasteiger partial charge in [-0.05, 0) is 41.7 Å². The smallest absolute Gasteiger partial charge is 0.146 e. The monoisotopic (exact) mass is 308 g/mol. The molecule has 0 aliphatic carbocycles. The van der Waals surface area contributed by atoms with E-state index in [1.54, 1.807) is 0 Å². The minimum absolute atomic E-state index is 0.448. The first-order valence-electron chi connectivity index (χ1n) is 6.76. The van der Waals surface area contributed by atoms with Crippen LogP contribution in [-0.2, 0) is 5.88 Å². The average molecular weight is 309 g/mol. The molecule has 0 fully saturated rings. The summed E-state index contributed by atoms with van der Waals surface area (Å²) in [5.41, 5.74) is 2.19. The van der Waals surface area contributed by atoms with E-state index in [1.807, 2.05) is 36.4 Å². The Labute approximate surface area is 130 Å². The molecule has 0 aliphatic heterocycles. The molecule has 106 valence electrons. The maximum Gasteiger partial charge on any atom is 0.146 e. The molecule has 0 heterocycles. The normalized spacial score (nSPS) is 12.2. The van der Waals surface area contributed by atoms with E-state index in [4.69, 9.17) is 27.9 Å². The number of rotatable bonds is 5. The quantitative estimate of drug-likeness (QED) is 0.582. The van der Waals surface area contributed by atoms with Gasteiger partial charge in [-0.25, -0.2) is 0 Å².